The van der Waals surface area contributed by atoms with Gasteiger partial charge in [0.1, 0.15) is 22.2 Å². The second kappa shape index (κ2) is 13.8. The normalized spacial score (nSPS) is 17.7. The Morgan fingerprint density at radius 3 is 2.43 bits per heavy atom. The quantitative estimate of drug-likeness (QED) is 0.163. The molecule has 2 aromatic carbocycles. The Balaban J connectivity index is 1.40. The molecule has 2 aliphatic rings. The number of aromatic nitrogens is 1. The summed E-state index contributed by atoms with van der Waals surface area (Å²) in [5, 5.41) is 0.699. The lowest BCUT2D eigenvalue weighted by atomic mass is 10.0. The number of Topliss-reactive ketones (excluding diaryl/α,β-unsaturated/α-hetero) is 1. The van der Waals surface area contributed by atoms with Crippen LogP contribution in [-0.4, -0.2) is 49.0 Å². The van der Waals surface area contributed by atoms with Gasteiger partial charge in [-0.3, -0.25) is 14.5 Å². The number of carbonyl (C=O) groups is 2. The van der Waals surface area contributed by atoms with E-state index >= 15 is 0 Å². The molecular weight excluding hydrogens is 589 g/mol. The predicted molar refractivity (Wildman–Crippen MR) is 152 cm³/mol. The minimum absolute atomic E-state index is 0.0828. The van der Waals surface area contributed by atoms with Crippen LogP contribution >= 0.6 is 23.2 Å². The third-order valence-electron chi connectivity index (χ3n) is 7.45. The number of nitrogens with one attached hydrogen (secondary N) is 1. The van der Waals surface area contributed by atoms with Crippen LogP contribution in [0.1, 0.15) is 53.3 Å². The molecule has 1 aliphatic carbocycles. The van der Waals surface area contributed by atoms with Crippen LogP contribution in [0.3, 0.4) is 0 Å². The molecule has 1 aromatic heterocycles. The third kappa shape index (κ3) is 7.76. The Labute approximate surface area is 252 Å². The highest BCUT2D eigenvalue weighted by atomic mass is 35.5. The van der Waals surface area contributed by atoms with Crippen LogP contribution < -0.4 is 14.5 Å². The monoisotopic (exact) mass is 619 g/mol. The summed E-state index contributed by atoms with van der Waals surface area (Å²) in [6.07, 6.45) is 5.66. The Hall–Kier alpha value is -3.27. The van der Waals surface area contributed by atoms with Crippen LogP contribution in [0.2, 0.25) is 10.0 Å². The van der Waals surface area contributed by atoms with E-state index in [4.69, 9.17) is 32.7 Å². The molecule has 0 radical (unpaired) electrons. The van der Waals surface area contributed by atoms with Crippen molar-refractivity contribution < 1.29 is 37.6 Å². The van der Waals surface area contributed by atoms with Crippen LogP contribution in [0.4, 0.5) is 8.78 Å². The topological polar surface area (TPSA) is 79.2 Å². The van der Waals surface area contributed by atoms with Gasteiger partial charge in [-0.2, -0.15) is 8.78 Å². The van der Waals surface area contributed by atoms with E-state index < -0.39 is 24.7 Å². The fraction of sp³-hybridized carbons (Fsp3) is 0.387. The average Bonchev–Trinajstić information content (AvgIpc) is 3.69. The zero-order valence-corrected chi connectivity index (χ0v) is 24.3. The molecule has 0 amide bonds. The average molecular weight is 621 g/mol. The number of benzene rings is 2. The molecule has 42 heavy (non-hydrogen) atoms. The third-order valence-corrected chi connectivity index (χ3v) is 8.12. The van der Waals surface area contributed by atoms with Gasteiger partial charge in [0.2, 0.25) is 0 Å². The molecule has 1 aliphatic heterocycles. The molecule has 2 fully saturated rings. The zero-order chi connectivity index (χ0) is 29.6. The van der Waals surface area contributed by atoms with Crippen molar-refractivity contribution in [3.8, 4) is 11.5 Å². The number of aromatic amines is 1. The van der Waals surface area contributed by atoms with Crippen molar-refractivity contribution in [3.63, 3.8) is 0 Å². The van der Waals surface area contributed by atoms with Crippen molar-refractivity contribution in [2.45, 2.75) is 50.9 Å². The van der Waals surface area contributed by atoms with Gasteiger partial charge < -0.3 is 14.2 Å². The van der Waals surface area contributed by atoms with Gasteiger partial charge in [0.15, 0.2) is 29.7 Å². The van der Waals surface area contributed by atoms with E-state index in [1.165, 1.54) is 6.07 Å². The Bertz CT molecular complexity index is 1390. The molecule has 2 heterocycles. The summed E-state index contributed by atoms with van der Waals surface area (Å²) in [7, 11) is 0. The van der Waals surface area contributed by atoms with Gasteiger partial charge in [0.25, 0.3) is 0 Å². The number of hydrogen-bond donors (Lipinski definition) is 0. The highest BCUT2D eigenvalue weighted by Gasteiger charge is 2.35. The number of pyridine rings is 1. The van der Waals surface area contributed by atoms with E-state index in [1.54, 1.807) is 48.8 Å². The smallest absolute Gasteiger partial charge is 0.387 e. The summed E-state index contributed by atoms with van der Waals surface area (Å²) in [5.74, 6) is -0.187. The molecule has 0 bridgehead atoms. The molecule has 5 rings (SSSR count). The first-order valence-electron chi connectivity index (χ1n) is 13.9. The largest absolute Gasteiger partial charge is 0.489 e. The summed E-state index contributed by atoms with van der Waals surface area (Å²) in [5.41, 5.74) is 1.62. The highest BCUT2D eigenvalue weighted by molar-refractivity contribution is 6.35. The van der Waals surface area contributed by atoms with Crippen molar-refractivity contribution in [3.05, 3.63) is 87.7 Å². The van der Waals surface area contributed by atoms with E-state index in [2.05, 4.69) is 9.72 Å². The molecule has 2 atom stereocenters. The number of likely N-dealkylation sites (tertiary alicyclic amines) is 1. The second-order valence-corrected chi connectivity index (χ2v) is 11.3. The molecule has 222 valence electrons. The molecule has 3 aromatic rings. The first kappa shape index (κ1) is 30.2. The van der Waals surface area contributed by atoms with Gasteiger partial charge in [0, 0.05) is 17.5 Å². The van der Waals surface area contributed by atoms with Crippen LogP contribution in [0.15, 0.2) is 60.9 Å². The lowest BCUT2D eigenvalue weighted by Gasteiger charge is -2.26. The number of alkyl halides is 2. The predicted octanol–water partition coefficient (Wildman–Crippen LogP) is 6.37. The van der Waals surface area contributed by atoms with Gasteiger partial charge >= 0.3 is 12.6 Å². The number of rotatable bonds is 13. The van der Waals surface area contributed by atoms with Crippen LogP contribution in [-0.2, 0) is 16.0 Å². The van der Waals surface area contributed by atoms with E-state index in [9.17, 15) is 18.4 Å². The Morgan fingerprint density at radius 2 is 1.74 bits per heavy atom. The SMILES string of the molecule is O=C(CN1CCC[C@H]1C(=O)O[C@@H](Cc1c(Cl)c[nH+]cc1Cl)c1ccc(OC(F)F)c(OCC2CC2)c1)c1ccccc1. The number of H-pyrrole nitrogens is 1. The number of nitrogens with zero attached hydrogens (tertiary/aromatic N) is 1. The number of esters is 1. The number of carbonyl (C=O) groups excluding carboxylic acids is 2. The van der Waals surface area contributed by atoms with Gasteiger partial charge in [-0.15, -0.1) is 0 Å². The maximum Gasteiger partial charge on any atom is 0.387 e. The van der Waals surface area contributed by atoms with Crippen molar-refractivity contribution in [1.29, 1.82) is 0 Å². The first-order valence-corrected chi connectivity index (χ1v) is 14.6. The maximum atomic E-state index is 13.6. The number of hydrogen-bond acceptors (Lipinski definition) is 6. The van der Waals surface area contributed by atoms with Crippen molar-refractivity contribution in [1.82, 2.24) is 4.90 Å². The molecule has 7 nitrogen and oxygen atoms in total. The number of ether oxygens (including phenoxy) is 3. The summed E-state index contributed by atoms with van der Waals surface area (Å²) >= 11 is 12.9. The summed E-state index contributed by atoms with van der Waals surface area (Å²) < 4.78 is 42.9. The van der Waals surface area contributed by atoms with Gasteiger partial charge in [-0.25, -0.2) is 4.98 Å². The molecule has 1 saturated carbocycles. The van der Waals surface area contributed by atoms with Crippen molar-refractivity contribution >= 4 is 35.0 Å². The molecular formula is C31H31Cl2F2N2O5+. The van der Waals surface area contributed by atoms with Crippen LogP contribution in [0.25, 0.3) is 0 Å². The van der Waals surface area contributed by atoms with Crippen LogP contribution in [0.5, 0.6) is 11.5 Å². The van der Waals surface area contributed by atoms with Gasteiger partial charge in [0.05, 0.1) is 13.2 Å². The summed E-state index contributed by atoms with van der Waals surface area (Å²) in [6.45, 7) is -2.00. The lowest BCUT2D eigenvalue weighted by Crippen LogP contribution is -2.40. The van der Waals surface area contributed by atoms with Crippen molar-refractivity contribution in [2.75, 3.05) is 19.7 Å². The highest BCUT2D eigenvalue weighted by Crippen LogP contribution is 2.38. The number of halogens is 4. The number of ketones is 1. The molecule has 0 spiro atoms. The van der Waals surface area contributed by atoms with Crippen LogP contribution in [0, 0.1) is 5.92 Å². The summed E-state index contributed by atoms with van der Waals surface area (Å²) in [6, 6.07) is 12.8. The fourth-order valence-corrected chi connectivity index (χ4v) is 5.54. The summed E-state index contributed by atoms with van der Waals surface area (Å²) in [4.78, 5) is 31.2. The zero-order valence-electron chi connectivity index (χ0n) is 22.7. The molecule has 11 heteroatoms. The lowest BCUT2D eigenvalue weighted by molar-refractivity contribution is -0.377. The fourth-order valence-electron chi connectivity index (χ4n) is 5.01. The second-order valence-electron chi connectivity index (χ2n) is 10.5. The van der Waals surface area contributed by atoms with E-state index in [0.29, 0.717) is 52.2 Å². The molecule has 0 unspecified atom stereocenters. The standard InChI is InChI=1S/C31H30Cl2F2N2O5/c32-23-15-36-16-24(33)22(23)14-28(21-10-11-27(42-31(34)35)29(13-21)40-18-19-8-9-19)41-30(39)25-7-4-12-37(25)17-26(38)20-5-2-1-3-6-20/h1-3,5-6,10-11,13,15-16,19,25,28,31H,4,7-9,12,14,17-18H2/p+1/t25-,28-/m0/s1. The van der Waals surface area contributed by atoms with Gasteiger partial charge in [-0.1, -0.05) is 59.6 Å². The van der Waals surface area contributed by atoms with Crippen molar-refractivity contribution in [2.24, 2.45) is 5.92 Å². The maximum absolute atomic E-state index is 13.6. The Morgan fingerprint density at radius 1 is 1.00 bits per heavy atom. The van der Waals surface area contributed by atoms with E-state index in [-0.39, 0.29) is 30.2 Å². The minimum Gasteiger partial charge on any atom is -0.489 e. The van der Waals surface area contributed by atoms with Gasteiger partial charge in [-0.05, 0) is 55.8 Å². The Kier molecular flexibility index (Phi) is 9.92. The minimum atomic E-state index is -3.03. The molecule has 1 saturated heterocycles. The van der Waals surface area contributed by atoms with E-state index in [0.717, 1.165) is 19.3 Å². The molecule has 1 N–H and O–H groups in total. The first-order chi connectivity index (χ1) is 20.3. The van der Waals surface area contributed by atoms with E-state index in [1.807, 2.05) is 11.0 Å².